The molecular weight excluding hydrogens is 311 g/mol. The lowest BCUT2D eigenvalue weighted by Crippen LogP contribution is -2.23. The zero-order chi connectivity index (χ0) is 12.9. The first-order valence-corrected chi connectivity index (χ1v) is 6.46. The van der Waals surface area contributed by atoms with Gasteiger partial charge in [0.2, 0.25) is 0 Å². The van der Waals surface area contributed by atoms with Crippen molar-refractivity contribution in [2.75, 3.05) is 18.4 Å². The molecule has 2 heterocycles. The normalized spacial score (nSPS) is 30.1. The number of hydrogen-bond acceptors (Lipinski definition) is 3. The number of aromatic nitrogens is 1. The molecule has 98 valence electrons. The summed E-state index contributed by atoms with van der Waals surface area (Å²) in [6.45, 7) is 1.75. The molecule has 0 aromatic carbocycles. The van der Waals surface area contributed by atoms with Crippen LogP contribution in [-0.2, 0) is 6.18 Å². The average molecular weight is 322 g/mol. The lowest BCUT2D eigenvalue weighted by atomic mass is 10.2. The summed E-state index contributed by atoms with van der Waals surface area (Å²) in [6, 6.07) is 1.19. The predicted molar refractivity (Wildman–Crippen MR) is 64.2 cm³/mol. The summed E-state index contributed by atoms with van der Waals surface area (Å²) < 4.78 is 39.0. The van der Waals surface area contributed by atoms with Gasteiger partial charge >= 0.3 is 6.18 Å². The minimum Gasteiger partial charge on any atom is -0.366 e. The van der Waals surface area contributed by atoms with Crippen molar-refractivity contribution in [3.05, 3.63) is 22.3 Å². The van der Waals surface area contributed by atoms with E-state index in [1.807, 2.05) is 0 Å². The number of alkyl halides is 3. The van der Waals surface area contributed by atoms with Crippen LogP contribution in [0.25, 0.3) is 0 Å². The van der Waals surface area contributed by atoms with E-state index >= 15 is 0 Å². The standard InChI is InChI=1S/C11H11BrF3N3/c12-5-1-8(11(13,14)15)10(17-2-5)18-9-6-3-16-4-7(6)9/h1-2,6-7,9,16H,3-4H2,(H,17,18). The summed E-state index contributed by atoms with van der Waals surface area (Å²) in [7, 11) is 0. The summed E-state index contributed by atoms with van der Waals surface area (Å²) in [6.07, 6.45) is -3.00. The summed E-state index contributed by atoms with van der Waals surface area (Å²) in [5, 5.41) is 6.13. The van der Waals surface area contributed by atoms with Gasteiger partial charge in [0.1, 0.15) is 5.82 Å². The summed E-state index contributed by atoms with van der Waals surface area (Å²) in [4.78, 5) is 3.85. The number of pyridine rings is 1. The highest BCUT2D eigenvalue weighted by molar-refractivity contribution is 9.10. The Kier molecular flexibility index (Phi) is 2.78. The second kappa shape index (κ2) is 4.09. The maximum atomic E-state index is 12.9. The van der Waals surface area contributed by atoms with Crippen molar-refractivity contribution in [3.63, 3.8) is 0 Å². The lowest BCUT2D eigenvalue weighted by molar-refractivity contribution is -0.137. The Hall–Kier alpha value is -0.820. The Morgan fingerprint density at radius 3 is 2.61 bits per heavy atom. The molecule has 3 nitrogen and oxygen atoms in total. The lowest BCUT2D eigenvalue weighted by Gasteiger charge is -2.15. The summed E-state index contributed by atoms with van der Waals surface area (Å²) in [5.74, 6) is 0.818. The van der Waals surface area contributed by atoms with Gasteiger partial charge in [-0.05, 0) is 33.8 Å². The van der Waals surface area contributed by atoms with E-state index in [0.29, 0.717) is 16.3 Å². The number of rotatable bonds is 2. The van der Waals surface area contributed by atoms with E-state index in [9.17, 15) is 13.2 Å². The van der Waals surface area contributed by atoms with Crippen molar-refractivity contribution in [3.8, 4) is 0 Å². The van der Waals surface area contributed by atoms with Gasteiger partial charge in [0.15, 0.2) is 0 Å². The fourth-order valence-corrected chi connectivity index (χ4v) is 2.89. The van der Waals surface area contributed by atoms with Crippen molar-refractivity contribution in [1.29, 1.82) is 0 Å². The minimum atomic E-state index is -4.39. The number of anilines is 1. The molecule has 2 unspecified atom stereocenters. The molecule has 2 fully saturated rings. The van der Waals surface area contributed by atoms with Crippen LogP contribution in [0.1, 0.15) is 5.56 Å². The average Bonchev–Trinajstić information content (AvgIpc) is 2.73. The van der Waals surface area contributed by atoms with E-state index in [2.05, 4.69) is 31.5 Å². The van der Waals surface area contributed by atoms with Crippen LogP contribution in [0.5, 0.6) is 0 Å². The second-order valence-corrected chi connectivity index (χ2v) is 5.62. The van der Waals surface area contributed by atoms with Crippen LogP contribution in [0.2, 0.25) is 0 Å². The maximum absolute atomic E-state index is 12.9. The van der Waals surface area contributed by atoms with Gasteiger partial charge in [-0.15, -0.1) is 0 Å². The molecule has 0 spiro atoms. The van der Waals surface area contributed by atoms with E-state index in [4.69, 9.17) is 0 Å². The van der Waals surface area contributed by atoms with Crippen LogP contribution in [0.3, 0.4) is 0 Å². The molecule has 18 heavy (non-hydrogen) atoms. The Labute approximate surface area is 110 Å². The summed E-state index contributed by atoms with van der Waals surface area (Å²) in [5.41, 5.74) is -0.713. The Bertz CT molecular complexity index is 467. The molecule has 1 aromatic rings. The summed E-state index contributed by atoms with van der Waals surface area (Å²) >= 11 is 3.02. The highest BCUT2D eigenvalue weighted by atomic mass is 79.9. The number of fused-ring (bicyclic) bond motifs is 1. The molecule has 1 saturated heterocycles. The highest BCUT2D eigenvalue weighted by Crippen LogP contribution is 2.45. The quantitative estimate of drug-likeness (QED) is 0.878. The van der Waals surface area contributed by atoms with E-state index in [1.165, 1.54) is 6.20 Å². The monoisotopic (exact) mass is 321 g/mol. The van der Waals surface area contributed by atoms with E-state index in [-0.39, 0.29) is 11.9 Å². The third-order valence-electron chi connectivity index (χ3n) is 3.55. The molecule has 7 heteroatoms. The van der Waals surface area contributed by atoms with Gasteiger partial charge < -0.3 is 10.6 Å². The first-order valence-electron chi connectivity index (χ1n) is 5.67. The molecule has 0 amide bonds. The third kappa shape index (κ3) is 2.09. The number of nitrogens with one attached hydrogen (secondary N) is 2. The number of halogens is 4. The Morgan fingerprint density at radius 1 is 1.33 bits per heavy atom. The molecule has 1 saturated carbocycles. The maximum Gasteiger partial charge on any atom is 0.419 e. The Balaban J connectivity index is 1.83. The van der Waals surface area contributed by atoms with Crippen LogP contribution in [0.4, 0.5) is 19.0 Å². The predicted octanol–water partition coefficient (Wildman–Crippen LogP) is 2.49. The van der Waals surface area contributed by atoms with Crippen LogP contribution in [0, 0.1) is 11.8 Å². The molecule has 1 aliphatic heterocycles. The SMILES string of the molecule is FC(F)(F)c1cc(Br)cnc1NC1C2CNCC21. The highest BCUT2D eigenvalue weighted by Gasteiger charge is 2.53. The van der Waals surface area contributed by atoms with Gasteiger partial charge in [0, 0.05) is 29.8 Å². The van der Waals surface area contributed by atoms with E-state index < -0.39 is 11.7 Å². The number of piperidine rings is 1. The van der Waals surface area contributed by atoms with Gasteiger partial charge in [-0.1, -0.05) is 0 Å². The molecule has 1 aromatic heterocycles. The van der Waals surface area contributed by atoms with Crippen molar-refractivity contribution in [1.82, 2.24) is 10.3 Å². The second-order valence-electron chi connectivity index (χ2n) is 4.70. The topological polar surface area (TPSA) is 37.0 Å². The molecule has 0 radical (unpaired) electrons. The van der Waals surface area contributed by atoms with Gasteiger partial charge in [0.25, 0.3) is 0 Å². The molecular formula is C11H11BrF3N3. The van der Waals surface area contributed by atoms with Gasteiger partial charge in [-0.3, -0.25) is 0 Å². The first kappa shape index (κ1) is 12.2. The number of nitrogens with zero attached hydrogens (tertiary/aromatic N) is 1. The van der Waals surface area contributed by atoms with E-state index in [0.717, 1.165) is 19.2 Å². The minimum absolute atomic E-state index is 0.0647. The Morgan fingerprint density at radius 2 is 2.00 bits per heavy atom. The first-order chi connectivity index (χ1) is 8.47. The molecule has 2 aliphatic rings. The van der Waals surface area contributed by atoms with E-state index in [1.54, 1.807) is 0 Å². The van der Waals surface area contributed by atoms with Gasteiger partial charge in [-0.2, -0.15) is 13.2 Å². The zero-order valence-electron chi connectivity index (χ0n) is 9.26. The fourth-order valence-electron chi connectivity index (χ4n) is 2.56. The van der Waals surface area contributed by atoms with Gasteiger partial charge in [-0.25, -0.2) is 4.98 Å². The van der Waals surface area contributed by atoms with Crippen LogP contribution in [0.15, 0.2) is 16.7 Å². The molecule has 1 aliphatic carbocycles. The molecule has 2 atom stereocenters. The molecule has 0 bridgehead atoms. The third-order valence-corrected chi connectivity index (χ3v) is 3.99. The van der Waals surface area contributed by atoms with Crippen molar-refractivity contribution in [2.45, 2.75) is 12.2 Å². The van der Waals surface area contributed by atoms with Crippen LogP contribution in [-0.4, -0.2) is 24.1 Å². The van der Waals surface area contributed by atoms with Crippen molar-refractivity contribution < 1.29 is 13.2 Å². The van der Waals surface area contributed by atoms with Crippen LogP contribution >= 0.6 is 15.9 Å². The zero-order valence-corrected chi connectivity index (χ0v) is 10.8. The van der Waals surface area contributed by atoms with Crippen LogP contribution < -0.4 is 10.6 Å². The van der Waals surface area contributed by atoms with Crippen molar-refractivity contribution >= 4 is 21.7 Å². The fraction of sp³-hybridized carbons (Fsp3) is 0.545. The smallest absolute Gasteiger partial charge is 0.366 e. The number of hydrogen-bond donors (Lipinski definition) is 2. The van der Waals surface area contributed by atoms with Crippen molar-refractivity contribution in [2.24, 2.45) is 11.8 Å². The largest absolute Gasteiger partial charge is 0.419 e. The van der Waals surface area contributed by atoms with Gasteiger partial charge in [0.05, 0.1) is 5.56 Å². The molecule has 3 rings (SSSR count). The molecule has 2 N–H and O–H groups in total.